The van der Waals surface area contributed by atoms with Gasteiger partial charge in [-0.1, -0.05) is 19.1 Å². The van der Waals surface area contributed by atoms with Crippen LogP contribution in [0.15, 0.2) is 18.2 Å². The standard InChI is InChI=1S/C27H38N2O3/c1-18-5-6-19(2)22(13-18)29-11-9-28(10-12-29)16-21-20-14-24-26(3,15-23(20)32-25(21)30)7-4-8-27(24)17-31-27/h5-6,13,20-21,23-24H,4,7-12,14-17H2,1-3H3/t20-,21+,23+,24-,26+,27+/m0/s1. The summed E-state index contributed by atoms with van der Waals surface area (Å²) in [7, 11) is 0. The van der Waals surface area contributed by atoms with Gasteiger partial charge in [-0.15, -0.1) is 0 Å². The minimum absolute atomic E-state index is 0.0366. The highest BCUT2D eigenvalue weighted by Gasteiger charge is 2.65. The number of aryl methyl sites for hydroxylation is 2. The van der Waals surface area contributed by atoms with Crippen molar-refractivity contribution in [3.8, 4) is 0 Å². The van der Waals surface area contributed by atoms with Gasteiger partial charge in [0.2, 0.25) is 0 Å². The fraction of sp³-hybridized carbons (Fsp3) is 0.741. The Bertz CT molecular complexity index is 904. The Balaban J connectivity index is 1.12. The molecule has 1 aromatic carbocycles. The molecule has 0 amide bonds. The Morgan fingerprint density at radius 1 is 1.12 bits per heavy atom. The van der Waals surface area contributed by atoms with E-state index in [1.807, 2.05) is 0 Å². The van der Waals surface area contributed by atoms with Crippen LogP contribution in [0.5, 0.6) is 0 Å². The second kappa shape index (κ2) is 7.46. The lowest BCUT2D eigenvalue weighted by atomic mass is 9.53. The van der Waals surface area contributed by atoms with Crippen LogP contribution in [0.4, 0.5) is 5.69 Å². The molecule has 5 aliphatic rings. The van der Waals surface area contributed by atoms with Crippen LogP contribution in [-0.4, -0.2) is 61.9 Å². The number of ether oxygens (including phenoxy) is 2. The van der Waals surface area contributed by atoms with E-state index < -0.39 is 0 Å². The van der Waals surface area contributed by atoms with Gasteiger partial charge in [0.1, 0.15) is 6.10 Å². The Labute approximate surface area is 192 Å². The molecular weight excluding hydrogens is 400 g/mol. The molecule has 32 heavy (non-hydrogen) atoms. The van der Waals surface area contributed by atoms with Gasteiger partial charge in [-0.3, -0.25) is 9.69 Å². The lowest BCUT2D eigenvalue weighted by Gasteiger charge is -2.51. The van der Waals surface area contributed by atoms with Crippen molar-refractivity contribution in [3.63, 3.8) is 0 Å². The van der Waals surface area contributed by atoms with Crippen LogP contribution in [0.25, 0.3) is 0 Å². The molecule has 0 aromatic heterocycles. The Morgan fingerprint density at radius 2 is 1.91 bits per heavy atom. The number of hydrogen-bond donors (Lipinski definition) is 0. The van der Waals surface area contributed by atoms with Gasteiger partial charge >= 0.3 is 5.97 Å². The van der Waals surface area contributed by atoms with Crippen molar-refractivity contribution in [2.75, 3.05) is 44.2 Å². The van der Waals surface area contributed by atoms with E-state index >= 15 is 0 Å². The van der Waals surface area contributed by atoms with Gasteiger partial charge in [-0.2, -0.15) is 0 Å². The van der Waals surface area contributed by atoms with E-state index in [2.05, 4.69) is 48.8 Å². The molecule has 3 saturated heterocycles. The molecular formula is C27H38N2O3. The first-order chi connectivity index (χ1) is 15.4. The molecule has 2 aliphatic carbocycles. The average molecular weight is 439 g/mol. The predicted molar refractivity (Wildman–Crippen MR) is 125 cm³/mol. The molecule has 0 radical (unpaired) electrons. The molecule has 5 heteroatoms. The van der Waals surface area contributed by atoms with Gasteiger partial charge in [0, 0.05) is 44.3 Å². The van der Waals surface area contributed by atoms with E-state index in [4.69, 9.17) is 9.47 Å². The summed E-state index contributed by atoms with van der Waals surface area (Å²) in [6.07, 6.45) is 6.00. The largest absolute Gasteiger partial charge is 0.462 e. The highest BCUT2D eigenvalue weighted by atomic mass is 16.6. The van der Waals surface area contributed by atoms with Crippen molar-refractivity contribution in [3.05, 3.63) is 29.3 Å². The summed E-state index contributed by atoms with van der Waals surface area (Å²) in [6, 6.07) is 6.72. The monoisotopic (exact) mass is 438 g/mol. The molecule has 2 saturated carbocycles. The van der Waals surface area contributed by atoms with Crippen LogP contribution < -0.4 is 4.90 Å². The molecule has 0 N–H and O–H groups in total. The lowest BCUT2D eigenvalue weighted by Crippen LogP contribution is -2.52. The van der Waals surface area contributed by atoms with E-state index in [1.54, 1.807) is 0 Å². The first-order valence-corrected chi connectivity index (χ1v) is 12.8. The summed E-state index contributed by atoms with van der Waals surface area (Å²) in [4.78, 5) is 18.0. The molecule has 3 aliphatic heterocycles. The number of esters is 1. The van der Waals surface area contributed by atoms with Crippen molar-refractivity contribution in [2.24, 2.45) is 23.2 Å². The summed E-state index contributed by atoms with van der Waals surface area (Å²) in [5.41, 5.74) is 4.44. The smallest absolute Gasteiger partial charge is 0.310 e. The highest BCUT2D eigenvalue weighted by Crippen LogP contribution is 2.62. The molecule has 5 nitrogen and oxygen atoms in total. The minimum atomic E-state index is 0.0366. The van der Waals surface area contributed by atoms with Gasteiger partial charge in [0.15, 0.2) is 0 Å². The van der Waals surface area contributed by atoms with Crippen molar-refractivity contribution in [1.82, 2.24) is 4.90 Å². The Hall–Kier alpha value is -1.59. The molecule has 174 valence electrons. The quantitative estimate of drug-likeness (QED) is 0.528. The van der Waals surface area contributed by atoms with E-state index in [1.165, 1.54) is 36.1 Å². The van der Waals surface area contributed by atoms with Crippen LogP contribution in [0.2, 0.25) is 0 Å². The molecule has 1 aromatic rings. The summed E-state index contributed by atoms with van der Waals surface area (Å²) in [5, 5.41) is 0. The normalized spacial score (nSPS) is 41.3. The van der Waals surface area contributed by atoms with Gasteiger partial charge in [0.05, 0.1) is 18.1 Å². The fourth-order valence-corrected chi connectivity index (χ4v) is 7.68. The maximum Gasteiger partial charge on any atom is 0.310 e. The summed E-state index contributed by atoms with van der Waals surface area (Å²) in [5.74, 6) is 1.07. The molecule has 6 atom stereocenters. The zero-order chi connectivity index (χ0) is 22.1. The lowest BCUT2D eigenvalue weighted by molar-refractivity contribution is -0.147. The zero-order valence-electron chi connectivity index (χ0n) is 19.9. The van der Waals surface area contributed by atoms with Crippen LogP contribution in [-0.2, 0) is 14.3 Å². The number of benzene rings is 1. The Morgan fingerprint density at radius 3 is 2.66 bits per heavy atom. The van der Waals surface area contributed by atoms with E-state index in [-0.39, 0.29) is 29.0 Å². The second-order valence-electron chi connectivity index (χ2n) is 11.7. The third-order valence-corrected chi connectivity index (χ3v) is 9.61. The number of epoxide rings is 1. The number of rotatable bonds is 3. The zero-order valence-corrected chi connectivity index (χ0v) is 19.9. The molecule has 6 rings (SSSR count). The molecule has 3 heterocycles. The predicted octanol–water partition coefficient (Wildman–Crippen LogP) is 3.95. The number of nitrogens with zero attached hydrogens (tertiary/aromatic N) is 2. The summed E-state index contributed by atoms with van der Waals surface area (Å²) >= 11 is 0. The van der Waals surface area contributed by atoms with Gasteiger partial charge < -0.3 is 14.4 Å². The molecule has 5 fully saturated rings. The first-order valence-electron chi connectivity index (χ1n) is 12.8. The van der Waals surface area contributed by atoms with Crippen LogP contribution in [0.1, 0.15) is 50.2 Å². The van der Waals surface area contributed by atoms with Crippen molar-refractivity contribution in [2.45, 2.75) is 64.6 Å². The summed E-state index contributed by atoms with van der Waals surface area (Å²) < 4.78 is 12.1. The fourth-order valence-electron chi connectivity index (χ4n) is 7.68. The highest BCUT2D eigenvalue weighted by molar-refractivity contribution is 5.75. The van der Waals surface area contributed by atoms with Crippen molar-refractivity contribution >= 4 is 11.7 Å². The van der Waals surface area contributed by atoms with Crippen molar-refractivity contribution < 1.29 is 14.3 Å². The molecule has 0 unspecified atom stereocenters. The minimum Gasteiger partial charge on any atom is -0.462 e. The number of fused-ring (bicyclic) bond motifs is 3. The third-order valence-electron chi connectivity index (χ3n) is 9.61. The molecule has 1 spiro atoms. The Kier molecular flexibility index (Phi) is 4.89. The number of piperazine rings is 1. The van der Waals surface area contributed by atoms with Crippen LogP contribution in [0, 0.1) is 37.0 Å². The third kappa shape index (κ3) is 3.38. The van der Waals surface area contributed by atoms with Gasteiger partial charge in [-0.25, -0.2) is 0 Å². The topological polar surface area (TPSA) is 45.3 Å². The molecule has 0 bridgehead atoms. The second-order valence-corrected chi connectivity index (χ2v) is 11.7. The van der Waals surface area contributed by atoms with Crippen molar-refractivity contribution in [1.29, 1.82) is 0 Å². The first kappa shape index (κ1) is 21.0. The van der Waals surface area contributed by atoms with E-state index in [9.17, 15) is 4.79 Å². The maximum atomic E-state index is 13.0. The van der Waals surface area contributed by atoms with Crippen LogP contribution >= 0.6 is 0 Å². The maximum absolute atomic E-state index is 13.0. The summed E-state index contributed by atoms with van der Waals surface area (Å²) in [6.45, 7) is 12.7. The van der Waals surface area contributed by atoms with Gasteiger partial charge in [-0.05, 0) is 74.5 Å². The van der Waals surface area contributed by atoms with E-state index in [0.29, 0.717) is 11.8 Å². The number of carbonyl (C=O) groups is 1. The van der Waals surface area contributed by atoms with Gasteiger partial charge in [0.25, 0.3) is 0 Å². The average Bonchev–Trinajstić information content (AvgIpc) is 3.47. The number of carbonyl (C=O) groups excluding carboxylic acids is 1. The number of hydrogen-bond acceptors (Lipinski definition) is 5. The van der Waals surface area contributed by atoms with Crippen LogP contribution in [0.3, 0.4) is 0 Å². The van der Waals surface area contributed by atoms with E-state index in [0.717, 1.165) is 52.2 Å². The SMILES string of the molecule is Cc1ccc(C)c(N2CCN(C[C@H]3C(=O)O[C@@H]4C[C@@]5(C)CCC[C@@]6(CO6)[C@H]5C[C@H]43)CC2)c1. The number of anilines is 1.